The zero-order chi connectivity index (χ0) is 16.9. The van der Waals surface area contributed by atoms with Gasteiger partial charge in [-0.25, -0.2) is 4.39 Å². The van der Waals surface area contributed by atoms with E-state index in [-0.39, 0.29) is 17.6 Å². The van der Waals surface area contributed by atoms with Crippen molar-refractivity contribution in [3.8, 4) is 0 Å². The van der Waals surface area contributed by atoms with Gasteiger partial charge in [0.25, 0.3) is 0 Å². The monoisotopic (exact) mass is 331 g/mol. The second kappa shape index (κ2) is 7.93. The average Bonchev–Trinajstić information content (AvgIpc) is 2.63. The highest BCUT2D eigenvalue weighted by Gasteiger charge is 2.28. The first kappa shape index (κ1) is 17.2. The number of aliphatic hydroxyl groups excluding tert-OH is 1. The van der Waals surface area contributed by atoms with Crippen molar-refractivity contribution in [2.75, 3.05) is 13.1 Å². The van der Waals surface area contributed by atoms with Gasteiger partial charge >= 0.3 is 0 Å². The lowest BCUT2D eigenvalue weighted by Crippen LogP contribution is -2.39. The summed E-state index contributed by atoms with van der Waals surface area (Å²) < 4.78 is 13.0. The second-order valence-corrected chi connectivity index (χ2v) is 7.00. The number of amides is 1. The van der Waals surface area contributed by atoms with Crippen LogP contribution in [0.2, 0.25) is 0 Å². The van der Waals surface area contributed by atoms with Crippen molar-refractivity contribution >= 4 is 5.91 Å². The maximum absolute atomic E-state index is 13.0. The van der Waals surface area contributed by atoms with E-state index in [9.17, 15) is 14.3 Å². The Balaban J connectivity index is 1.50. The van der Waals surface area contributed by atoms with Crippen LogP contribution in [0.25, 0.3) is 0 Å². The fourth-order valence-corrected chi connectivity index (χ4v) is 3.77. The largest absolute Gasteiger partial charge is 0.388 e. The third-order valence-electron chi connectivity index (χ3n) is 5.31. The van der Waals surface area contributed by atoms with Crippen molar-refractivity contribution < 1.29 is 14.3 Å². The molecule has 4 heteroatoms. The molecule has 1 heterocycles. The van der Waals surface area contributed by atoms with Gasteiger partial charge in [-0.05, 0) is 62.1 Å². The first-order valence-electron chi connectivity index (χ1n) is 9.02. The van der Waals surface area contributed by atoms with Crippen LogP contribution in [0.4, 0.5) is 4.39 Å². The predicted molar refractivity (Wildman–Crippen MR) is 91.8 cm³/mol. The summed E-state index contributed by atoms with van der Waals surface area (Å²) in [5.74, 6) is 0.0645. The van der Waals surface area contributed by atoms with Crippen LogP contribution in [0.3, 0.4) is 0 Å². The number of aliphatic hydroxyl groups is 1. The van der Waals surface area contributed by atoms with Crippen molar-refractivity contribution in [3.05, 3.63) is 47.3 Å². The Morgan fingerprint density at radius 3 is 2.54 bits per heavy atom. The van der Waals surface area contributed by atoms with Gasteiger partial charge in [0.05, 0.1) is 6.10 Å². The molecule has 0 radical (unpaired) electrons. The van der Waals surface area contributed by atoms with E-state index in [4.69, 9.17) is 0 Å². The number of halogens is 1. The number of carbonyl (C=O) groups excluding carboxylic acids is 1. The Morgan fingerprint density at radius 2 is 1.92 bits per heavy atom. The molecule has 3 rings (SSSR count). The van der Waals surface area contributed by atoms with Crippen LogP contribution >= 0.6 is 0 Å². The number of nitrogens with zero attached hydrogens (tertiary/aromatic N) is 1. The Kier molecular flexibility index (Phi) is 5.67. The fraction of sp³-hybridized carbons (Fsp3) is 0.550. The molecule has 1 N–H and O–H groups in total. The van der Waals surface area contributed by atoms with E-state index in [2.05, 4.69) is 6.08 Å². The second-order valence-electron chi connectivity index (χ2n) is 7.00. The fourth-order valence-electron chi connectivity index (χ4n) is 3.77. The van der Waals surface area contributed by atoms with E-state index in [1.165, 1.54) is 30.5 Å². The van der Waals surface area contributed by atoms with Crippen molar-refractivity contribution in [2.45, 2.75) is 51.0 Å². The summed E-state index contributed by atoms with van der Waals surface area (Å²) in [5.41, 5.74) is 2.05. The lowest BCUT2D eigenvalue weighted by atomic mass is 9.87. The maximum atomic E-state index is 13.0. The third kappa shape index (κ3) is 4.23. The molecule has 1 unspecified atom stereocenters. The van der Waals surface area contributed by atoms with Crippen molar-refractivity contribution in [1.29, 1.82) is 0 Å². The minimum Gasteiger partial charge on any atom is -0.388 e. The van der Waals surface area contributed by atoms with Gasteiger partial charge in [0, 0.05) is 19.5 Å². The van der Waals surface area contributed by atoms with Gasteiger partial charge in [0.1, 0.15) is 5.82 Å². The lowest BCUT2D eigenvalue weighted by molar-refractivity contribution is -0.132. The maximum Gasteiger partial charge on any atom is 0.226 e. The van der Waals surface area contributed by atoms with E-state index in [0.29, 0.717) is 19.5 Å². The van der Waals surface area contributed by atoms with Crippen LogP contribution in [0.15, 0.2) is 35.9 Å². The number of rotatable bonds is 4. The number of piperidine rings is 1. The van der Waals surface area contributed by atoms with E-state index in [1.807, 2.05) is 4.90 Å². The summed E-state index contributed by atoms with van der Waals surface area (Å²) >= 11 is 0. The van der Waals surface area contributed by atoms with Crippen LogP contribution in [-0.4, -0.2) is 29.0 Å². The zero-order valence-corrected chi connectivity index (χ0v) is 14.1. The molecule has 0 bridgehead atoms. The SMILES string of the molecule is O=C(CC1=CCCCC1)N1CCC(C(O)c2ccc(F)cc2)CC1. The van der Waals surface area contributed by atoms with Gasteiger partial charge < -0.3 is 10.0 Å². The molecule has 1 aromatic carbocycles. The number of carbonyl (C=O) groups is 1. The summed E-state index contributed by atoms with van der Waals surface area (Å²) in [6.45, 7) is 1.41. The van der Waals surface area contributed by atoms with Crippen molar-refractivity contribution in [3.63, 3.8) is 0 Å². The Morgan fingerprint density at radius 1 is 1.21 bits per heavy atom. The van der Waals surface area contributed by atoms with Gasteiger partial charge in [-0.3, -0.25) is 4.79 Å². The van der Waals surface area contributed by atoms with Crippen molar-refractivity contribution in [2.24, 2.45) is 5.92 Å². The standard InChI is InChI=1S/C20H26FNO2/c21-18-8-6-16(7-9-18)20(24)17-10-12-22(13-11-17)19(23)14-15-4-2-1-3-5-15/h4,6-9,17,20,24H,1-3,5,10-14H2. The van der Waals surface area contributed by atoms with Crippen LogP contribution in [0, 0.1) is 11.7 Å². The molecule has 1 fully saturated rings. The average molecular weight is 331 g/mol. The van der Waals surface area contributed by atoms with Crippen molar-refractivity contribution in [1.82, 2.24) is 4.90 Å². The Bertz CT molecular complexity index is 588. The first-order valence-corrected chi connectivity index (χ1v) is 9.02. The van der Waals surface area contributed by atoms with Crippen LogP contribution in [0.5, 0.6) is 0 Å². The van der Waals surface area contributed by atoms with E-state index < -0.39 is 6.10 Å². The quantitative estimate of drug-likeness (QED) is 0.848. The predicted octanol–water partition coefficient (Wildman–Crippen LogP) is 3.99. The number of hydrogen-bond donors (Lipinski definition) is 1. The van der Waals surface area contributed by atoms with Gasteiger partial charge in [-0.1, -0.05) is 23.8 Å². The van der Waals surface area contributed by atoms with Crippen LogP contribution < -0.4 is 0 Å². The smallest absolute Gasteiger partial charge is 0.226 e. The highest BCUT2D eigenvalue weighted by molar-refractivity contribution is 5.78. The number of benzene rings is 1. The molecular formula is C20H26FNO2. The van der Waals surface area contributed by atoms with Gasteiger partial charge in [-0.15, -0.1) is 0 Å². The zero-order valence-electron chi connectivity index (χ0n) is 14.1. The Hall–Kier alpha value is -1.68. The summed E-state index contributed by atoms with van der Waals surface area (Å²) in [5, 5.41) is 10.5. The van der Waals surface area contributed by atoms with E-state index in [0.717, 1.165) is 31.2 Å². The van der Waals surface area contributed by atoms with E-state index >= 15 is 0 Å². The topological polar surface area (TPSA) is 40.5 Å². The highest BCUT2D eigenvalue weighted by Crippen LogP contribution is 2.31. The summed E-state index contributed by atoms with van der Waals surface area (Å²) in [6, 6.07) is 6.06. The van der Waals surface area contributed by atoms with Crippen LogP contribution in [-0.2, 0) is 4.79 Å². The Labute approximate surface area is 143 Å². The normalized spacial score (nSPS) is 20.6. The third-order valence-corrected chi connectivity index (χ3v) is 5.31. The molecule has 3 nitrogen and oxygen atoms in total. The molecular weight excluding hydrogens is 305 g/mol. The highest BCUT2D eigenvalue weighted by atomic mass is 19.1. The molecule has 24 heavy (non-hydrogen) atoms. The molecule has 130 valence electrons. The summed E-state index contributed by atoms with van der Waals surface area (Å²) in [7, 11) is 0. The molecule has 2 aliphatic rings. The van der Waals surface area contributed by atoms with Gasteiger partial charge in [0.2, 0.25) is 5.91 Å². The first-order chi connectivity index (χ1) is 11.6. The van der Waals surface area contributed by atoms with Gasteiger partial charge in [-0.2, -0.15) is 0 Å². The molecule has 1 amide bonds. The molecule has 0 saturated carbocycles. The van der Waals surface area contributed by atoms with E-state index in [1.54, 1.807) is 12.1 Å². The number of likely N-dealkylation sites (tertiary alicyclic amines) is 1. The molecule has 0 aromatic heterocycles. The number of allylic oxidation sites excluding steroid dienone is 1. The minimum atomic E-state index is -0.580. The molecule has 1 atom stereocenters. The molecule has 0 spiro atoms. The minimum absolute atomic E-state index is 0.133. The lowest BCUT2D eigenvalue weighted by Gasteiger charge is -2.34. The van der Waals surface area contributed by atoms with Crippen LogP contribution in [0.1, 0.15) is 56.6 Å². The van der Waals surface area contributed by atoms with Gasteiger partial charge in [0.15, 0.2) is 0 Å². The molecule has 1 saturated heterocycles. The summed E-state index contributed by atoms with van der Waals surface area (Å²) in [6.07, 6.45) is 8.41. The molecule has 1 aliphatic heterocycles. The molecule has 1 aliphatic carbocycles. The molecule has 1 aromatic rings. The summed E-state index contributed by atoms with van der Waals surface area (Å²) in [4.78, 5) is 14.4. The number of hydrogen-bond acceptors (Lipinski definition) is 2.